The lowest BCUT2D eigenvalue weighted by Crippen LogP contribution is -2.30. The zero-order valence-electron chi connectivity index (χ0n) is 12.7. The standard InChI is InChI=1S/C17H19ClN2S2/c1-12-4-3-5-13(2)16(12)20-17(21)19-10-11-22-15-8-6-14(18)7-9-15/h3-9H,10-11H2,1-2H3,(H2,19,20,21). The number of thiocarbonyl (C=S) groups is 1. The van der Waals surface area contributed by atoms with Crippen molar-refractivity contribution in [2.24, 2.45) is 0 Å². The van der Waals surface area contributed by atoms with E-state index in [1.165, 1.54) is 16.0 Å². The fraction of sp³-hybridized carbons (Fsp3) is 0.235. The van der Waals surface area contributed by atoms with Gasteiger partial charge in [0.15, 0.2) is 5.11 Å². The van der Waals surface area contributed by atoms with E-state index in [4.69, 9.17) is 23.8 Å². The summed E-state index contributed by atoms with van der Waals surface area (Å²) in [6, 6.07) is 14.1. The largest absolute Gasteiger partial charge is 0.362 e. The first-order chi connectivity index (χ1) is 10.6. The Balaban J connectivity index is 1.75. The highest BCUT2D eigenvalue weighted by atomic mass is 35.5. The zero-order chi connectivity index (χ0) is 15.9. The molecular weight excluding hydrogens is 332 g/mol. The van der Waals surface area contributed by atoms with Crippen LogP contribution in [-0.2, 0) is 0 Å². The third-order valence-electron chi connectivity index (χ3n) is 3.19. The Morgan fingerprint density at radius 2 is 1.73 bits per heavy atom. The van der Waals surface area contributed by atoms with Gasteiger partial charge in [-0.1, -0.05) is 29.8 Å². The minimum Gasteiger partial charge on any atom is -0.362 e. The third kappa shape index (κ3) is 5.20. The highest BCUT2D eigenvalue weighted by molar-refractivity contribution is 7.99. The zero-order valence-corrected chi connectivity index (χ0v) is 15.0. The molecule has 0 aliphatic heterocycles. The topological polar surface area (TPSA) is 24.1 Å². The maximum atomic E-state index is 5.87. The molecule has 0 heterocycles. The van der Waals surface area contributed by atoms with Crippen molar-refractivity contribution in [1.82, 2.24) is 5.32 Å². The molecule has 2 aromatic rings. The molecular formula is C17H19ClN2S2. The van der Waals surface area contributed by atoms with E-state index in [0.717, 1.165) is 23.0 Å². The molecule has 2 nitrogen and oxygen atoms in total. The van der Waals surface area contributed by atoms with Gasteiger partial charge in [0.05, 0.1) is 0 Å². The van der Waals surface area contributed by atoms with Crippen molar-refractivity contribution in [3.8, 4) is 0 Å². The normalized spacial score (nSPS) is 10.3. The van der Waals surface area contributed by atoms with Crippen LogP contribution in [0.5, 0.6) is 0 Å². The molecule has 116 valence electrons. The number of hydrogen-bond acceptors (Lipinski definition) is 2. The molecule has 0 spiro atoms. The smallest absolute Gasteiger partial charge is 0.170 e. The molecule has 0 aliphatic rings. The summed E-state index contributed by atoms with van der Waals surface area (Å²) in [6.45, 7) is 4.97. The van der Waals surface area contributed by atoms with Gasteiger partial charge in [-0.05, 0) is 61.5 Å². The molecule has 0 aromatic heterocycles. The lowest BCUT2D eigenvalue weighted by molar-refractivity contribution is 0.989. The average Bonchev–Trinajstić information content (AvgIpc) is 2.49. The Hall–Kier alpha value is -1.23. The van der Waals surface area contributed by atoms with Crippen molar-refractivity contribution in [2.45, 2.75) is 18.7 Å². The van der Waals surface area contributed by atoms with Crippen LogP contribution in [0.15, 0.2) is 47.4 Å². The molecule has 2 rings (SSSR count). The summed E-state index contributed by atoms with van der Waals surface area (Å²) < 4.78 is 0. The summed E-state index contributed by atoms with van der Waals surface area (Å²) in [6.07, 6.45) is 0. The van der Waals surface area contributed by atoms with Gasteiger partial charge >= 0.3 is 0 Å². The van der Waals surface area contributed by atoms with E-state index in [1.807, 2.05) is 24.3 Å². The minimum atomic E-state index is 0.661. The molecule has 0 radical (unpaired) electrons. The van der Waals surface area contributed by atoms with Crippen LogP contribution in [-0.4, -0.2) is 17.4 Å². The van der Waals surface area contributed by atoms with Gasteiger partial charge in [-0.3, -0.25) is 0 Å². The Bertz CT molecular complexity index is 621. The number of thioether (sulfide) groups is 1. The van der Waals surface area contributed by atoms with Gasteiger partial charge < -0.3 is 10.6 Å². The number of nitrogens with one attached hydrogen (secondary N) is 2. The van der Waals surface area contributed by atoms with Gasteiger partial charge in [0.25, 0.3) is 0 Å². The molecule has 0 bridgehead atoms. The first-order valence-electron chi connectivity index (χ1n) is 7.05. The van der Waals surface area contributed by atoms with E-state index < -0.39 is 0 Å². The van der Waals surface area contributed by atoms with Crippen molar-refractivity contribution in [1.29, 1.82) is 0 Å². The minimum absolute atomic E-state index is 0.661. The van der Waals surface area contributed by atoms with E-state index in [2.05, 4.69) is 42.7 Å². The summed E-state index contributed by atoms with van der Waals surface area (Å²) in [5.74, 6) is 0.941. The fourth-order valence-corrected chi connectivity index (χ4v) is 3.13. The first kappa shape index (κ1) is 17.1. The third-order valence-corrected chi connectivity index (χ3v) is 4.70. The molecule has 22 heavy (non-hydrogen) atoms. The number of rotatable bonds is 5. The van der Waals surface area contributed by atoms with Crippen LogP contribution in [0.2, 0.25) is 5.02 Å². The Morgan fingerprint density at radius 1 is 1.09 bits per heavy atom. The van der Waals surface area contributed by atoms with Crippen LogP contribution in [0.3, 0.4) is 0 Å². The number of halogens is 1. The number of benzene rings is 2. The molecule has 0 saturated carbocycles. The van der Waals surface area contributed by atoms with Crippen LogP contribution >= 0.6 is 35.6 Å². The van der Waals surface area contributed by atoms with Crippen LogP contribution < -0.4 is 10.6 Å². The van der Waals surface area contributed by atoms with Gasteiger partial charge in [0, 0.05) is 27.9 Å². The summed E-state index contributed by atoms with van der Waals surface area (Å²) in [4.78, 5) is 1.21. The van der Waals surface area contributed by atoms with Gasteiger partial charge in [-0.2, -0.15) is 0 Å². The van der Waals surface area contributed by atoms with Crippen LogP contribution in [0, 0.1) is 13.8 Å². The lowest BCUT2D eigenvalue weighted by Gasteiger charge is -2.14. The fourth-order valence-electron chi connectivity index (χ4n) is 2.03. The number of para-hydroxylation sites is 1. The van der Waals surface area contributed by atoms with E-state index in [-0.39, 0.29) is 0 Å². The van der Waals surface area contributed by atoms with Gasteiger partial charge in [-0.15, -0.1) is 11.8 Å². The molecule has 5 heteroatoms. The number of aryl methyl sites for hydroxylation is 2. The Kier molecular flexibility index (Phi) is 6.55. The van der Waals surface area contributed by atoms with Crippen molar-refractivity contribution >= 4 is 46.4 Å². The second-order valence-electron chi connectivity index (χ2n) is 4.95. The quantitative estimate of drug-likeness (QED) is 0.448. The number of hydrogen-bond donors (Lipinski definition) is 2. The predicted molar refractivity (Wildman–Crippen MR) is 102 cm³/mol. The highest BCUT2D eigenvalue weighted by Crippen LogP contribution is 2.20. The van der Waals surface area contributed by atoms with E-state index >= 15 is 0 Å². The first-order valence-corrected chi connectivity index (χ1v) is 8.83. The predicted octanol–water partition coefficient (Wildman–Crippen LogP) is 5.04. The molecule has 0 amide bonds. The van der Waals surface area contributed by atoms with E-state index in [0.29, 0.717) is 5.11 Å². The molecule has 2 N–H and O–H groups in total. The molecule has 0 fully saturated rings. The molecule has 2 aromatic carbocycles. The Labute approximate surface area is 146 Å². The molecule has 0 saturated heterocycles. The SMILES string of the molecule is Cc1cccc(C)c1NC(=S)NCCSc1ccc(Cl)cc1. The lowest BCUT2D eigenvalue weighted by atomic mass is 10.1. The van der Waals surface area contributed by atoms with Crippen molar-refractivity contribution in [2.75, 3.05) is 17.6 Å². The van der Waals surface area contributed by atoms with Crippen LogP contribution in [0.1, 0.15) is 11.1 Å². The number of anilines is 1. The van der Waals surface area contributed by atoms with Crippen molar-refractivity contribution in [3.05, 3.63) is 58.6 Å². The molecule has 0 aliphatic carbocycles. The second-order valence-corrected chi connectivity index (χ2v) is 6.96. The Morgan fingerprint density at radius 3 is 2.36 bits per heavy atom. The van der Waals surface area contributed by atoms with Crippen LogP contribution in [0.25, 0.3) is 0 Å². The van der Waals surface area contributed by atoms with Crippen molar-refractivity contribution < 1.29 is 0 Å². The van der Waals surface area contributed by atoms with Crippen LogP contribution in [0.4, 0.5) is 5.69 Å². The monoisotopic (exact) mass is 350 g/mol. The van der Waals surface area contributed by atoms with Gasteiger partial charge in [0.1, 0.15) is 0 Å². The summed E-state index contributed by atoms with van der Waals surface area (Å²) >= 11 is 13.0. The maximum Gasteiger partial charge on any atom is 0.170 e. The molecule has 0 unspecified atom stereocenters. The van der Waals surface area contributed by atoms with E-state index in [1.54, 1.807) is 11.8 Å². The maximum absolute atomic E-state index is 5.87. The van der Waals surface area contributed by atoms with Crippen molar-refractivity contribution in [3.63, 3.8) is 0 Å². The summed E-state index contributed by atoms with van der Waals surface area (Å²) in [5, 5.41) is 7.95. The van der Waals surface area contributed by atoms with Gasteiger partial charge in [-0.25, -0.2) is 0 Å². The summed E-state index contributed by atoms with van der Waals surface area (Å²) in [7, 11) is 0. The molecule has 0 atom stereocenters. The van der Waals surface area contributed by atoms with E-state index in [9.17, 15) is 0 Å². The van der Waals surface area contributed by atoms with Gasteiger partial charge in [0.2, 0.25) is 0 Å². The highest BCUT2D eigenvalue weighted by Gasteiger charge is 2.03. The second kappa shape index (κ2) is 8.42. The summed E-state index contributed by atoms with van der Waals surface area (Å²) in [5.41, 5.74) is 3.48. The average molecular weight is 351 g/mol.